The molecule has 152 valence electrons. The van der Waals surface area contributed by atoms with Crippen LogP contribution in [0, 0.1) is 24.1 Å². The highest BCUT2D eigenvalue weighted by Crippen LogP contribution is 2.27. The van der Waals surface area contributed by atoms with Crippen LogP contribution in [0.3, 0.4) is 0 Å². The fourth-order valence-corrected chi connectivity index (χ4v) is 2.62. The summed E-state index contributed by atoms with van der Waals surface area (Å²) in [6.07, 6.45) is -1.16. The highest BCUT2D eigenvalue weighted by molar-refractivity contribution is 6.32. The standard InChI is InChI=1S/C19H18ClFN4O4/c1-9-14(5-3-12(8-22)16(9)20)23-17(10(2)26)19(29)25-24-18(28)11-4-6-15(27)13(21)7-11/h3-7,10,17,23,26-27H,1-2H3,(H,24,28)(H,25,29)/t10-,17+/m0/s1. The van der Waals surface area contributed by atoms with Crippen molar-refractivity contribution in [2.75, 3.05) is 5.32 Å². The molecule has 0 saturated heterocycles. The highest BCUT2D eigenvalue weighted by Gasteiger charge is 2.25. The number of hydrazine groups is 1. The molecule has 2 aromatic carbocycles. The summed E-state index contributed by atoms with van der Waals surface area (Å²) in [5.41, 5.74) is 5.31. The number of nitrogens with one attached hydrogen (secondary N) is 3. The highest BCUT2D eigenvalue weighted by atomic mass is 35.5. The zero-order valence-electron chi connectivity index (χ0n) is 15.5. The van der Waals surface area contributed by atoms with Gasteiger partial charge >= 0.3 is 0 Å². The summed E-state index contributed by atoms with van der Waals surface area (Å²) < 4.78 is 13.3. The van der Waals surface area contributed by atoms with Gasteiger partial charge in [0.2, 0.25) is 0 Å². The lowest BCUT2D eigenvalue weighted by atomic mass is 10.1. The summed E-state index contributed by atoms with van der Waals surface area (Å²) in [5, 5.41) is 31.1. The van der Waals surface area contributed by atoms with E-state index in [-0.39, 0.29) is 16.1 Å². The molecule has 0 saturated carbocycles. The molecular formula is C19H18ClFN4O4. The van der Waals surface area contributed by atoms with Gasteiger partial charge in [0.25, 0.3) is 11.8 Å². The number of aliphatic hydroxyl groups is 1. The van der Waals surface area contributed by atoms with Crippen LogP contribution < -0.4 is 16.2 Å². The Morgan fingerprint density at radius 3 is 2.52 bits per heavy atom. The molecule has 10 heteroatoms. The maximum absolute atomic E-state index is 13.3. The fourth-order valence-electron chi connectivity index (χ4n) is 2.42. The number of aromatic hydroxyl groups is 1. The second kappa shape index (κ2) is 9.23. The third kappa shape index (κ3) is 5.13. The third-order valence-corrected chi connectivity index (χ3v) is 4.58. The van der Waals surface area contributed by atoms with Crippen LogP contribution >= 0.6 is 11.6 Å². The Kier molecular flexibility index (Phi) is 6.98. The number of phenolic OH excluding ortho intramolecular Hbond substituents is 1. The van der Waals surface area contributed by atoms with Crippen molar-refractivity contribution in [1.29, 1.82) is 5.26 Å². The Labute approximate surface area is 170 Å². The quantitative estimate of drug-likeness (QED) is 0.469. The van der Waals surface area contributed by atoms with E-state index in [2.05, 4.69) is 16.2 Å². The van der Waals surface area contributed by atoms with Crippen molar-refractivity contribution in [1.82, 2.24) is 10.9 Å². The maximum Gasteiger partial charge on any atom is 0.269 e. The molecule has 0 fully saturated rings. The number of halogens is 2. The number of carbonyl (C=O) groups is 2. The summed E-state index contributed by atoms with van der Waals surface area (Å²) >= 11 is 6.10. The number of carbonyl (C=O) groups excluding carboxylic acids is 2. The molecule has 0 aromatic heterocycles. The molecule has 0 aliphatic heterocycles. The molecule has 29 heavy (non-hydrogen) atoms. The topological polar surface area (TPSA) is 134 Å². The minimum atomic E-state index is -1.17. The SMILES string of the molecule is Cc1c(N[C@@H](C(=O)NNC(=O)c2ccc(O)c(F)c2)[C@H](C)O)ccc(C#N)c1Cl. The van der Waals surface area contributed by atoms with E-state index in [1.165, 1.54) is 19.1 Å². The molecule has 5 N–H and O–H groups in total. The van der Waals surface area contributed by atoms with Crippen LogP contribution in [0.4, 0.5) is 10.1 Å². The molecular weight excluding hydrogens is 403 g/mol. The van der Waals surface area contributed by atoms with E-state index >= 15 is 0 Å². The average molecular weight is 421 g/mol. The van der Waals surface area contributed by atoms with Gasteiger partial charge in [-0.3, -0.25) is 20.4 Å². The van der Waals surface area contributed by atoms with Crippen molar-refractivity contribution in [3.05, 3.63) is 57.9 Å². The lowest BCUT2D eigenvalue weighted by Gasteiger charge is -2.23. The largest absolute Gasteiger partial charge is 0.505 e. The third-order valence-electron chi connectivity index (χ3n) is 4.09. The fraction of sp³-hybridized carbons (Fsp3) is 0.211. The molecule has 0 bridgehead atoms. The Morgan fingerprint density at radius 1 is 1.24 bits per heavy atom. The number of benzene rings is 2. The monoisotopic (exact) mass is 420 g/mol. The van der Waals surface area contributed by atoms with Crippen LogP contribution in [0.5, 0.6) is 5.75 Å². The van der Waals surface area contributed by atoms with Crippen molar-refractivity contribution in [2.45, 2.75) is 26.0 Å². The molecule has 2 atom stereocenters. The minimum absolute atomic E-state index is 0.128. The van der Waals surface area contributed by atoms with E-state index in [1.807, 2.05) is 6.07 Å². The van der Waals surface area contributed by atoms with Crippen LogP contribution in [0.2, 0.25) is 5.02 Å². The summed E-state index contributed by atoms with van der Waals surface area (Å²) in [7, 11) is 0. The van der Waals surface area contributed by atoms with Crippen molar-refractivity contribution in [3.63, 3.8) is 0 Å². The zero-order chi connectivity index (χ0) is 21.7. The van der Waals surface area contributed by atoms with Crippen LogP contribution in [0.1, 0.15) is 28.4 Å². The Balaban J connectivity index is 2.10. The van der Waals surface area contributed by atoms with Crippen molar-refractivity contribution in [3.8, 4) is 11.8 Å². The van der Waals surface area contributed by atoms with Crippen LogP contribution in [0.25, 0.3) is 0 Å². The van der Waals surface area contributed by atoms with E-state index in [0.29, 0.717) is 11.3 Å². The average Bonchev–Trinajstić information content (AvgIpc) is 2.68. The maximum atomic E-state index is 13.3. The first kappa shape index (κ1) is 21.9. The van der Waals surface area contributed by atoms with E-state index in [4.69, 9.17) is 22.0 Å². The first-order valence-electron chi connectivity index (χ1n) is 8.38. The van der Waals surface area contributed by atoms with Gasteiger partial charge in [-0.2, -0.15) is 5.26 Å². The number of nitrogens with zero attached hydrogens (tertiary/aromatic N) is 1. The number of nitriles is 1. The summed E-state index contributed by atoms with van der Waals surface area (Å²) in [5.74, 6) is -3.19. The van der Waals surface area contributed by atoms with E-state index in [0.717, 1.165) is 12.1 Å². The summed E-state index contributed by atoms with van der Waals surface area (Å²) in [4.78, 5) is 24.4. The van der Waals surface area contributed by atoms with Crippen molar-refractivity contribution < 1.29 is 24.2 Å². The number of aliphatic hydroxyl groups excluding tert-OH is 1. The molecule has 2 amide bonds. The van der Waals surface area contributed by atoms with E-state index in [9.17, 15) is 19.1 Å². The molecule has 0 radical (unpaired) electrons. The van der Waals surface area contributed by atoms with Gasteiger partial charge in [0.1, 0.15) is 12.1 Å². The molecule has 0 spiro atoms. The van der Waals surface area contributed by atoms with Gasteiger partial charge in [-0.25, -0.2) is 4.39 Å². The molecule has 0 aliphatic carbocycles. The lowest BCUT2D eigenvalue weighted by molar-refractivity contribution is -0.124. The normalized spacial score (nSPS) is 12.4. The molecule has 8 nitrogen and oxygen atoms in total. The smallest absolute Gasteiger partial charge is 0.269 e. The number of hydrogen-bond acceptors (Lipinski definition) is 6. The van der Waals surface area contributed by atoms with Crippen LogP contribution in [-0.4, -0.2) is 34.2 Å². The van der Waals surface area contributed by atoms with Crippen molar-refractivity contribution >= 4 is 29.1 Å². The van der Waals surface area contributed by atoms with Gasteiger partial charge in [0.05, 0.1) is 16.7 Å². The van der Waals surface area contributed by atoms with Crippen molar-refractivity contribution in [2.24, 2.45) is 0 Å². The van der Waals surface area contributed by atoms with Gasteiger partial charge in [-0.1, -0.05) is 11.6 Å². The summed E-state index contributed by atoms with van der Waals surface area (Å²) in [6.45, 7) is 3.01. The van der Waals surface area contributed by atoms with Gasteiger partial charge in [-0.15, -0.1) is 0 Å². The second-order valence-electron chi connectivity index (χ2n) is 6.18. The zero-order valence-corrected chi connectivity index (χ0v) is 16.2. The number of anilines is 1. The van der Waals surface area contributed by atoms with E-state index in [1.54, 1.807) is 13.0 Å². The summed E-state index contributed by atoms with van der Waals surface area (Å²) in [6, 6.07) is 6.76. The number of hydrogen-bond donors (Lipinski definition) is 5. The van der Waals surface area contributed by atoms with Crippen LogP contribution in [0.15, 0.2) is 30.3 Å². The van der Waals surface area contributed by atoms with Gasteiger partial charge < -0.3 is 15.5 Å². The lowest BCUT2D eigenvalue weighted by Crippen LogP contribution is -2.52. The number of rotatable bonds is 5. The number of phenols is 1. The van der Waals surface area contributed by atoms with Gasteiger partial charge in [-0.05, 0) is 49.7 Å². The van der Waals surface area contributed by atoms with Gasteiger partial charge in [0, 0.05) is 11.3 Å². The van der Waals surface area contributed by atoms with Gasteiger partial charge in [0.15, 0.2) is 11.6 Å². The first-order chi connectivity index (χ1) is 13.6. The minimum Gasteiger partial charge on any atom is -0.505 e. The first-order valence-corrected chi connectivity index (χ1v) is 8.76. The van der Waals surface area contributed by atoms with E-state index < -0.39 is 35.5 Å². The number of amides is 2. The van der Waals surface area contributed by atoms with Crippen LogP contribution in [-0.2, 0) is 4.79 Å². The Morgan fingerprint density at radius 2 is 1.93 bits per heavy atom. The predicted molar refractivity (Wildman–Crippen MR) is 104 cm³/mol. The predicted octanol–water partition coefficient (Wildman–Crippen LogP) is 1.99. The Hall–Kier alpha value is -3.35. The molecule has 0 heterocycles. The molecule has 2 rings (SSSR count). The second-order valence-corrected chi connectivity index (χ2v) is 6.56. The Bertz CT molecular complexity index is 991. The molecule has 0 unspecified atom stereocenters. The molecule has 2 aromatic rings. The molecule has 0 aliphatic rings.